The van der Waals surface area contributed by atoms with Gasteiger partial charge in [-0.05, 0) is 72.6 Å². The molecule has 2 heterocycles. The Morgan fingerprint density at radius 3 is 2.31 bits per heavy atom. The molecule has 0 fully saturated rings. The van der Waals surface area contributed by atoms with Crippen LogP contribution in [0.25, 0.3) is 44.3 Å². The first kappa shape index (κ1) is 21.6. The molecule has 0 amide bonds. The molecule has 0 aliphatic heterocycles. The molecule has 0 radical (unpaired) electrons. The SMILES string of the molecule is Cc1ccc(-c2c(C)ccc3c2oc2c(-c4ccc5c(c4)CC(C)(C)C5)c(C#N)ccc23)[n+](C)c1. The molecule has 1 aliphatic carbocycles. The Labute approximate surface area is 206 Å². The molecular formula is C32H29N2O+. The Bertz CT molecular complexity index is 1710. The van der Waals surface area contributed by atoms with Gasteiger partial charge in [-0.25, -0.2) is 4.57 Å². The van der Waals surface area contributed by atoms with Crippen LogP contribution in [0.3, 0.4) is 0 Å². The summed E-state index contributed by atoms with van der Waals surface area (Å²) in [5.41, 5.74) is 11.9. The maximum atomic E-state index is 10.0. The largest absolute Gasteiger partial charge is 0.454 e. The highest BCUT2D eigenvalue weighted by Crippen LogP contribution is 2.43. The molecule has 3 aromatic carbocycles. The zero-order valence-corrected chi connectivity index (χ0v) is 21.0. The lowest BCUT2D eigenvalue weighted by molar-refractivity contribution is -0.660. The highest BCUT2D eigenvalue weighted by Gasteiger charge is 2.29. The van der Waals surface area contributed by atoms with Gasteiger partial charge in [-0.3, -0.25) is 0 Å². The van der Waals surface area contributed by atoms with Crippen molar-refractivity contribution in [2.45, 2.75) is 40.5 Å². The lowest BCUT2D eigenvalue weighted by Crippen LogP contribution is -2.31. The number of hydrogen-bond acceptors (Lipinski definition) is 2. The van der Waals surface area contributed by atoms with Crippen LogP contribution in [0.4, 0.5) is 0 Å². The third-order valence-corrected chi connectivity index (χ3v) is 7.51. The number of nitrogens with zero attached hydrogens (tertiary/aromatic N) is 2. The Balaban J connectivity index is 1.65. The molecule has 0 saturated heterocycles. The van der Waals surface area contributed by atoms with Gasteiger partial charge in [-0.1, -0.05) is 44.2 Å². The van der Waals surface area contributed by atoms with Gasteiger partial charge in [0.1, 0.15) is 18.2 Å². The zero-order chi connectivity index (χ0) is 24.5. The van der Waals surface area contributed by atoms with Crippen molar-refractivity contribution in [1.82, 2.24) is 0 Å². The Morgan fingerprint density at radius 1 is 0.857 bits per heavy atom. The van der Waals surface area contributed by atoms with E-state index in [0.717, 1.165) is 62.7 Å². The minimum absolute atomic E-state index is 0.278. The molecule has 3 heteroatoms. The second-order valence-corrected chi connectivity index (χ2v) is 10.9. The van der Waals surface area contributed by atoms with E-state index in [0.29, 0.717) is 5.56 Å². The first-order valence-corrected chi connectivity index (χ1v) is 12.2. The smallest absolute Gasteiger partial charge is 0.216 e. The van der Waals surface area contributed by atoms with Crippen molar-refractivity contribution in [3.63, 3.8) is 0 Å². The van der Waals surface area contributed by atoms with Gasteiger partial charge in [-0.2, -0.15) is 5.26 Å². The fourth-order valence-corrected chi connectivity index (χ4v) is 5.92. The maximum Gasteiger partial charge on any atom is 0.216 e. The fraction of sp³-hybridized carbons (Fsp3) is 0.250. The summed E-state index contributed by atoms with van der Waals surface area (Å²) >= 11 is 0. The van der Waals surface area contributed by atoms with E-state index in [1.54, 1.807) is 0 Å². The zero-order valence-electron chi connectivity index (χ0n) is 21.0. The van der Waals surface area contributed by atoms with Gasteiger partial charge in [0.05, 0.1) is 17.2 Å². The molecule has 2 aromatic heterocycles. The van der Waals surface area contributed by atoms with Crippen molar-refractivity contribution < 1.29 is 8.98 Å². The van der Waals surface area contributed by atoms with Crippen molar-refractivity contribution in [2.75, 3.05) is 0 Å². The van der Waals surface area contributed by atoms with Crippen LogP contribution in [0, 0.1) is 30.6 Å². The summed E-state index contributed by atoms with van der Waals surface area (Å²) in [5.74, 6) is 0. The second-order valence-electron chi connectivity index (χ2n) is 10.9. The first-order chi connectivity index (χ1) is 16.8. The van der Waals surface area contributed by atoms with Crippen molar-refractivity contribution in [3.05, 3.63) is 88.6 Å². The third-order valence-electron chi connectivity index (χ3n) is 7.51. The minimum Gasteiger partial charge on any atom is -0.454 e. The molecule has 6 rings (SSSR count). The van der Waals surface area contributed by atoms with Crippen molar-refractivity contribution in [2.24, 2.45) is 12.5 Å². The van der Waals surface area contributed by atoms with E-state index in [1.807, 2.05) is 12.1 Å². The van der Waals surface area contributed by atoms with Gasteiger partial charge in [0.2, 0.25) is 5.69 Å². The van der Waals surface area contributed by atoms with Gasteiger partial charge in [0.25, 0.3) is 0 Å². The second kappa shape index (κ2) is 7.55. The van der Waals surface area contributed by atoms with E-state index in [9.17, 15) is 5.26 Å². The number of aryl methyl sites for hydroxylation is 3. The lowest BCUT2D eigenvalue weighted by Gasteiger charge is -2.14. The van der Waals surface area contributed by atoms with E-state index < -0.39 is 0 Å². The lowest BCUT2D eigenvalue weighted by atomic mass is 9.90. The summed E-state index contributed by atoms with van der Waals surface area (Å²) in [7, 11) is 2.08. The molecule has 3 nitrogen and oxygen atoms in total. The molecule has 1 aliphatic rings. The topological polar surface area (TPSA) is 40.8 Å². The first-order valence-electron chi connectivity index (χ1n) is 12.2. The molecule has 0 unspecified atom stereocenters. The quantitative estimate of drug-likeness (QED) is 0.260. The van der Waals surface area contributed by atoms with Crippen LogP contribution in [0.1, 0.15) is 41.7 Å². The highest BCUT2D eigenvalue weighted by molar-refractivity contribution is 6.14. The van der Waals surface area contributed by atoms with Crippen molar-refractivity contribution in [1.29, 1.82) is 5.26 Å². The Morgan fingerprint density at radius 2 is 1.57 bits per heavy atom. The number of rotatable bonds is 2. The molecule has 0 spiro atoms. The summed E-state index contributed by atoms with van der Waals surface area (Å²) in [5, 5.41) is 12.2. The van der Waals surface area contributed by atoms with Crippen LogP contribution < -0.4 is 4.57 Å². The number of benzene rings is 3. The molecular weight excluding hydrogens is 428 g/mol. The number of furan rings is 1. The number of pyridine rings is 1. The number of fused-ring (bicyclic) bond motifs is 4. The summed E-state index contributed by atoms with van der Waals surface area (Å²) < 4.78 is 8.89. The predicted molar refractivity (Wildman–Crippen MR) is 141 cm³/mol. The summed E-state index contributed by atoms with van der Waals surface area (Å²) in [6.07, 6.45) is 4.29. The molecule has 5 aromatic rings. The van der Waals surface area contributed by atoms with Crippen LogP contribution in [0.5, 0.6) is 0 Å². The van der Waals surface area contributed by atoms with Gasteiger partial charge in [-0.15, -0.1) is 0 Å². The van der Waals surface area contributed by atoms with Crippen molar-refractivity contribution >= 4 is 21.9 Å². The number of hydrogen-bond donors (Lipinski definition) is 0. The summed E-state index contributed by atoms with van der Waals surface area (Å²) in [6.45, 7) is 8.88. The average molecular weight is 458 g/mol. The maximum absolute atomic E-state index is 10.0. The normalized spacial score (nSPS) is 14.4. The molecule has 0 N–H and O–H groups in total. The third kappa shape index (κ3) is 3.36. The molecule has 0 saturated carbocycles. The van der Waals surface area contributed by atoms with Crippen LogP contribution in [-0.2, 0) is 19.9 Å². The van der Waals surface area contributed by atoms with E-state index in [2.05, 4.69) is 94.0 Å². The molecule has 0 bridgehead atoms. The average Bonchev–Trinajstić information content (AvgIpc) is 3.33. The van der Waals surface area contributed by atoms with Crippen LogP contribution in [-0.4, -0.2) is 0 Å². The molecule has 35 heavy (non-hydrogen) atoms. The van der Waals surface area contributed by atoms with E-state index in [1.165, 1.54) is 16.7 Å². The Kier molecular flexibility index (Phi) is 4.66. The van der Waals surface area contributed by atoms with Crippen LogP contribution in [0.15, 0.2) is 65.2 Å². The highest BCUT2D eigenvalue weighted by atomic mass is 16.3. The van der Waals surface area contributed by atoms with Gasteiger partial charge >= 0.3 is 0 Å². The molecule has 0 atom stereocenters. The van der Waals surface area contributed by atoms with Crippen molar-refractivity contribution in [3.8, 4) is 28.5 Å². The van der Waals surface area contributed by atoms with E-state index >= 15 is 0 Å². The van der Waals surface area contributed by atoms with Crippen LogP contribution >= 0.6 is 0 Å². The van der Waals surface area contributed by atoms with Gasteiger partial charge < -0.3 is 4.42 Å². The fourth-order valence-electron chi connectivity index (χ4n) is 5.92. The van der Waals surface area contributed by atoms with Gasteiger partial charge in [0.15, 0.2) is 6.20 Å². The number of nitriles is 1. The monoisotopic (exact) mass is 457 g/mol. The predicted octanol–water partition coefficient (Wildman–Crippen LogP) is 7.36. The summed E-state index contributed by atoms with van der Waals surface area (Å²) in [6, 6.07) is 21.7. The molecule has 172 valence electrons. The van der Waals surface area contributed by atoms with E-state index in [-0.39, 0.29) is 5.41 Å². The van der Waals surface area contributed by atoms with E-state index in [4.69, 9.17) is 4.42 Å². The van der Waals surface area contributed by atoms with Crippen LogP contribution in [0.2, 0.25) is 0 Å². The Hall–Kier alpha value is -3.90. The minimum atomic E-state index is 0.278. The van der Waals surface area contributed by atoms with Gasteiger partial charge in [0, 0.05) is 28.0 Å². The number of aromatic nitrogens is 1. The summed E-state index contributed by atoms with van der Waals surface area (Å²) in [4.78, 5) is 0. The standard InChI is InChI=1S/C32H29N2O/c1-19-6-13-27(34(5)18-19)28-20(2)7-11-25-26-12-10-23(17-33)29(31(26)35-30(25)28)21-8-9-22-15-32(3,4)16-24(22)14-21/h6-14,18H,15-16H2,1-5H3/q+1.